The lowest BCUT2D eigenvalue weighted by atomic mass is 10.1. The number of aryl methyl sites for hydroxylation is 2. The van der Waals surface area contributed by atoms with E-state index < -0.39 is 0 Å². The largest absolute Gasteiger partial charge is 0.395 e. The maximum absolute atomic E-state index is 12.3. The molecule has 1 aliphatic heterocycles. The molecule has 0 spiro atoms. The smallest absolute Gasteiger partial charge is 0.317 e. The highest BCUT2D eigenvalue weighted by Crippen LogP contribution is 2.24. The van der Waals surface area contributed by atoms with E-state index in [1.165, 1.54) is 10.5 Å². The van der Waals surface area contributed by atoms with E-state index in [0.29, 0.717) is 6.54 Å². The number of benzene rings is 1. The van der Waals surface area contributed by atoms with E-state index >= 15 is 0 Å². The van der Waals surface area contributed by atoms with Gasteiger partial charge in [0, 0.05) is 31.7 Å². The number of amides is 3. The van der Waals surface area contributed by atoms with Gasteiger partial charge in [0.25, 0.3) is 0 Å². The molecule has 1 heterocycles. The maximum Gasteiger partial charge on any atom is 0.317 e. The van der Waals surface area contributed by atoms with Crippen molar-refractivity contribution in [3.63, 3.8) is 0 Å². The van der Waals surface area contributed by atoms with Crippen molar-refractivity contribution < 1.29 is 19.8 Å². The van der Waals surface area contributed by atoms with Gasteiger partial charge in [-0.15, -0.1) is 0 Å². The summed E-state index contributed by atoms with van der Waals surface area (Å²) in [6.45, 7) is 4.38. The van der Waals surface area contributed by atoms with Gasteiger partial charge in [0.15, 0.2) is 0 Å². The summed E-state index contributed by atoms with van der Waals surface area (Å²) in [6.07, 6.45) is 0.241. The van der Waals surface area contributed by atoms with Crippen LogP contribution in [0.5, 0.6) is 0 Å². The molecule has 2 rings (SSSR count). The van der Waals surface area contributed by atoms with E-state index in [1.54, 1.807) is 4.90 Å². The van der Waals surface area contributed by atoms with Crippen LogP contribution in [0.25, 0.3) is 0 Å². The Labute approximate surface area is 141 Å². The van der Waals surface area contributed by atoms with Crippen molar-refractivity contribution in [1.82, 2.24) is 10.2 Å². The lowest BCUT2D eigenvalue weighted by molar-refractivity contribution is -0.117. The van der Waals surface area contributed by atoms with E-state index in [2.05, 4.69) is 5.32 Å². The minimum Gasteiger partial charge on any atom is -0.395 e. The Kier molecular flexibility index (Phi) is 6.16. The topological polar surface area (TPSA) is 93.1 Å². The lowest BCUT2D eigenvalue weighted by Gasteiger charge is -2.23. The number of nitrogens with zero attached hydrogens (tertiary/aromatic N) is 2. The van der Waals surface area contributed by atoms with Gasteiger partial charge >= 0.3 is 6.03 Å². The number of rotatable bonds is 6. The number of hydrogen-bond acceptors (Lipinski definition) is 4. The van der Waals surface area contributed by atoms with Crippen LogP contribution in [0.15, 0.2) is 18.2 Å². The van der Waals surface area contributed by atoms with Crippen molar-refractivity contribution in [2.24, 2.45) is 0 Å². The monoisotopic (exact) mass is 335 g/mol. The fourth-order valence-corrected chi connectivity index (χ4v) is 2.77. The van der Waals surface area contributed by atoms with Crippen molar-refractivity contribution in [3.8, 4) is 0 Å². The summed E-state index contributed by atoms with van der Waals surface area (Å²) < 4.78 is 0. The summed E-state index contributed by atoms with van der Waals surface area (Å²) in [5, 5.41) is 20.8. The summed E-state index contributed by atoms with van der Waals surface area (Å²) in [5.74, 6) is -0.0283. The molecule has 1 aliphatic rings. The van der Waals surface area contributed by atoms with Gasteiger partial charge < -0.3 is 25.3 Å². The van der Waals surface area contributed by atoms with Crippen LogP contribution in [0.2, 0.25) is 0 Å². The fraction of sp³-hybridized carbons (Fsp3) is 0.529. The van der Waals surface area contributed by atoms with Crippen LogP contribution < -0.4 is 10.2 Å². The molecule has 7 nitrogen and oxygen atoms in total. The van der Waals surface area contributed by atoms with Gasteiger partial charge in [-0.25, -0.2) is 4.79 Å². The Hall–Kier alpha value is -2.12. The third kappa shape index (κ3) is 4.24. The molecule has 0 bridgehead atoms. The first-order valence-electron chi connectivity index (χ1n) is 8.11. The molecule has 0 saturated carbocycles. The molecule has 0 aromatic heterocycles. The Morgan fingerprint density at radius 2 is 1.92 bits per heavy atom. The summed E-state index contributed by atoms with van der Waals surface area (Å²) >= 11 is 0. The Balaban J connectivity index is 2.01. The summed E-state index contributed by atoms with van der Waals surface area (Å²) in [7, 11) is 0. The van der Waals surface area contributed by atoms with Crippen LogP contribution in [0, 0.1) is 13.8 Å². The zero-order valence-electron chi connectivity index (χ0n) is 14.2. The third-order valence-electron chi connectivity index (χ3n) is 4.28. The molecule has 1 aromatic rings. The highest BCUT2D eigenvalue weighted by Gasteiger charge is 2.32. The van der Waals surface area contributed by atoms with E-state index in [1.807, 2.05) is 32.0 Å². The fourth-order valence-electron chi connectivity index (χ4n) is 2.77. The normalized spacial score (nSPS) is 17.2. The first-order valence-corrected chi connectivity index (χ1v) is 8.11. The van der Waals surface area contributed by atoms with Crippen molar-refractivity contribution in [1.29, 1.82) is 0 Å². The second-order valence-corrected chi connectivity index (χ2v) is 6.06. The minimum absolute atomic E-state index is 0.0283. The van der Waals surface area contributed by atoms with Gasteiger partial charge in [0.05, 0.1) is 19.3 Å². The summed E-state index contributed by atoms with van der Waals surface area (Å²) in [5.41, 5.74) is 3.12. The van der Waals surface area contributed by atoms with Crippen LogP contribution in [0.4, 0.5) is 10.5 Å². The van der Waals surface area contributed by atoms with E-state index in [0.717, 1.165) is 11.3 Å². The quantitative estimate of drug-likeness (QED) is 0.702. The molecule has 3 N–H and O–H groups in total. The van der Waals surface area contributed by atoms with E-state index in [9.17, 15) is 9.59 Å². The van der Waals surface area contributed by atoms with Crippen LogP contribution in [-0.4, -0.2) is 65.9 Å². The molecule has 0 unspecified atom stereocenters. The number of carbonyl (C=O) groups is 2. The highest BCUT2D eigenvalue weighted by atomic mass is 16.3. The van der Waals surface area contributed by atoms with Crippen molar-refractivity contribution in [3.05, 3.63) is 29.3 Å². The average Bonchev–Trinajstić information content (AvgIpc) is 2.90. The Bertz CT molecular complexity index is 599. The third-order valence-corrected chi connectivity index (χ3v) is 4.28. The van der Waals surface area contributed by atoms with Gasteiger partial charge in [-0.2, -0.15) is 0 Å². The standard InChI is InChI=1S/C17H25N3O4/c1-12-3-4-15(9-13(12)2)20-11-14(10-16(20)23)18-17(24)19(5-7-21)6-8-22/h3-4,9,14,21-22H,5-8,10-11H2,1-2H3,(H,18,24)/t14-/m0/s1. The molecule has 3 amide bonds. The van der Waals surface area contributed by atoms with Gasteiger partial charge in [-0.1, -0.05) is 6.07 Å². The number of aliphatic hydroxyl groups is 2. The average molecular weight is 335 g/mol. The highest BCUT2D eigenvalue weighted by molar-refractivity contribution is 5.96. The zero-order valence-corrected chi connectivity index (χ0v) is 14.2. The van der Waals surface area contributed by atoms with Crippen LogP contribution in [0.1, 0.15) is 17.5 Å². The molecular weight excluding hydrogens is 310 g/mol. The van der Waals surface area contributed by atoms with Gasteiger partial charge in [-0.05, 0) is 37.1 Å². The van der Waals surface area contributed by atoms with Crippen molar-refractivity contribution in [2.75, 3.05) is 37.7 Å². The Morgan fingerprint density at radius 3 is 2.50 bits per heavy atom. The minimum atomic E-state index is -0.377. The molecule has 0 aliphatic carbocycles. The molecule has 1 aromatic carbocycles. The molecule has 1 atom stereocenters. The number of urea groups is 1. The molecule has 7 heteroatoms. The number of anilines is 1. The predicted octanol–water partition coefficient (Wildman–Crippen LogP) is 0.405. The Morgan fingerprint density at radius 1 is 1.25 bits per heavy atom. The molecular formula is C17H25N3O4. The van der Waals surface area contributed by atoms with Crippen LogP contribution in [-0.2, 0) is 4.79 Å². The second-order valence-electron chi connectivity index (χ2n) is 6.06. The van der Waals surface area contributed by atoms with Crippen molar-refractivity contribution in [2.45, 2.75) is 26.3 Å². The lowest BCUT2D eigenvalue weighted by Crippen LogP contribution is -2.47. The first kappa shape index (κ1) is 18.2. The molecule has 1 saturated heterocycles. The van der Waals surface area contributed by atoms with E-state index in [4.69, 9.17) is 10.2 Å². The number of carbonyl (C=O) groups excluding carboxylic acids is 2. The first-order chi connectivity index (χ1) is 11.5. The summed E-state index contributed by atoms with van der Waals surface area (Å²) in [6, 6.07) is 5.20. The molecule has 1 fully saturated rings. The van der Waals surface area contributed by atoms with Gasteiger partial charge in [0.1, 0.15) is 0 Å². The second kappa shape index (κ2) is 8.12. The zero-order chi connectivity index (χ0) is 17.7. The van der Waals surface area contributed by atoms with Crippen LogP contribution >= 0.6 is 0 Å². The van der Waals surface area contributed by atoms with Crippen molar-refractivity contribution >= 4 is 17.6 Å². The number of hydrogen-bond donors (Lipinski definition) is 3. The predicted molar refractivity (Wildman–Crippen MR) is 91.0 cm³/mol. The van der Waals surface area contributed by atoms with E-state index in [-0.39, 0.29) is 50.7 Å². The number of nitrogens with one attached hydrogen (secondary N) is 1. The molecule has 0 radical (unpaired) electrons. The van der Waals surface area contributed by atoms with Gasteiger partial charge in [0.2, 0.25) is 5.91 Å². The van der Waals surface area contributed by atoms with Crippen LogP contribution in [0.3, 0.4) is 0 Å². The van der Waals surface area contributed by atoms with Gasteiger partial charge in [-0.3, -0.25) is 4.79 Å². The molecule has 24 heavy (non-hydrogen) atoms. The SMILES string of the molecule is Cc1ccc(N2C[C@@H](NC(=O)N(CCO)CCO)CC2=O)cc1C. The molecule has 132 valence electrons. The summed E-state index contributed by atoms with van der Waals surface area (Å²) in [4.78, 5) is 27.5. The number of aliphatic hydroxyl groups excluding tert-OH is 2. The maximum atomic E-state index is 12.3.